The maximum absolute atomic E-state index is 12.6. The molecule has 20 heavy (non-hydrogen) atoms. The van der Waals surface area contributed by atoms with Crippen LogP contribution in [0.3, 0.4) is 0 Å². The molecule has 0 saturated carbocycles. The Morgan fingerprint density at radius 2 is 2.25 bits per heavy atom. The van der Waals surface area contributed by atoms with Crippen LogP contribution in [0.1, 0.15) is 26.2 Å². The maximum atomic E-state index is 12.6. The average Bonchev–Trinajstić information content (AvgIpc) is 2.82. The highest BCUT2D eigenvalue weighted by Gasteiger charge is 2.70. The van der Waals surface area contributed by atoms with Crippen molar-refractivity contribution in [3.05, 3.63) is 0 Å². The van der Waals surface area contributed by atoms with E-state index in [0.29, 0.717) is 24.9 Å². The zero-order valence-electron chi connectivity index (χ0n) is 12.4. The number of hydrogen-bond donors (Lipinski definition) is 0. The summed E-state index contributed by atoms with van der Waals surface area (Å²) in [6, 6.07) is 0.186. The molecule has 4 bridgehead atoms. The minimum atomic E-state index is -0.956. The third kappa shape index (κ3) is 1.56. The fraction of sp³-hybridized carbons (Fsp3) is 0.867. The molecule has 0 aromatic rings. The Morgan fingerprint density at radius 3 is 2.90 bits per heavy atom. The molecular weight excluding hydrogens is 258 g/mol. The molecule has 3 rings (SSSR count). The quantitative estimate of drug-likeness (QED) is 0.565. The normalized spacial score (nSPS) is 43.6. The predicted molar refractivity (Wildman–Crippen MR) is 72.1 cm³/mol. The van der Waals surface area contributed by atoms with Crippen molar-refractivity contribution in [1.29, 1.82) is 0 Å². The first-order valence-corrected chi connectivity index (χ1v) is 7.44. The topological polar surface area (TPSA) is 55.8 Å². The third-order valence-electron chi connectivity index (χ3n) is 5.69. The van der Waals surface area contributed by atoms with Gasteiger partial charge < -0.3 is 9.47 Å². The van der Waals surface area contributed by atoms with E-state index in [1.807, 2.05) is 0 Å². The average molecular weight is 281 g/mol. The van der Waals surface area contributed by atoms with Crippen molar-refractivity contribution in [3.8, 4) is 0 Å². The highest BCUT2D eigenvalue weighted by atomic mass is 16.5. The molecule has 1 unspecified atom stereocenters. The number of ether oxygens (including phenoxy) is 2. The van der Waals surface area contributed by atoms with E-state index in [1.54, 1.807) is 7.11 Å². The molecule has 3 saturated heterocycles. The minimum absolute atomic E-state index is 0.0731. The summed E-state index contributed by atoms with van der Waals surface area (Å²) >= 11 is 0. The molecule has 3 heterocycles. The summed E-state index contributed by atoms with van der Waals surface area (Å²) < 4.78 is 10.3. The molecular formula is C15H23NO4. The number of methoxy groups -OCH3 is 2. The SMILES string of the molecule is COC[C@@H](C)[C@H]1C[C@@H]2CCN3[C@H]1CC(=O)[C@]23C(=O)OC. The molecule has 0 aliphatic carbocycles. The lowest BCUT2D eigenvalue weighted by atomic mass is 9.73. The Bertz CT molecular complexity index is 438. The smallest absolute Gasteiger partial charge is 0.334 e. The Hall–Kier alpha value is -0.940. The van der Waals surface area contributed by atoms with Gasteiger partial charge in [-0.25, -0.2) is 4.79 Å². The first kappa shape index (κ1) is 14.0. The summed E-state index contributed by atoms with van der Waals surface area (Å²) in [6.07, 6.45) is 2.35. The van der Waals surface area contributed by atoms with Crippen molar-refractivity contribution < 1.29 is 19.1 Å². The lowest BCUT2D eigenvalue weighted by Gasteiger charge is -2.44. The molecule has 0 aromatic heterocycles. The van der Waals surface area contributed by atoms with E-state index < -0.39 is 5.54 Å². The highest BCUT2D eigenvalue weighted by Crippen LogP contribution is 2.55. The van der Waals surface area contributed by atoms with Crippen molar-refractivity contribution in [1.82, 2.24) is 4.90 Å². The van der Waals surface area contributed by atoms with Gasteiger partial charge in [-0.2, -0.15) is 0 Å². The molecule has 5 heteroatoms. The van der Waals surface area contributed by atoms with Gasteiger partial charge in [0.15, 0.2) is 11.3 Å². The van der Waals surface area contributed by atoms with Crippen LogP contribution in [-0.4, -0.2) is 55.6 Å². The number of hydrogen-bond acceptors (Lipinski definition) is 5. The van der Waals surface area contributed by atoms with Crippen molar-refractivity contribution in [2.45, 2.75) is 37.8 Å². The molecule has 112 valence electrons. The monoisotopic (exact) mass is 281 g/mol. The van der Waals surface area contributed by atoms with E-state index in [1.165, 1.54) is 7.11 Å². The number of piperidine rings is 1. The second-order valence-electron chi connectivity index (χ2n) is 6.46. The van der Waals surface area contributed by atoms with E-state index >= 15 is 0 Å². The van der Waals surface area contributed by atoms with Crippen LogP contribution in [0.5, 0.6) is 0 Å². The summed E-state index contributed by atoms with van der Waals surface area (Å²) in [7, 11) is 3.10. The van der Waals surface area contributed by atoms with Gasteiger partial charge in [0.05, 0.1) is 7.11 Å². The maximum Gasteiger partial charge on any atom is 0.334 e. The molecule has 5 nitrogen and oxygen atoms in total. The highest BCUT2D eigenvalue weighted by molar-refractivity contribution is 6.11. The van der Waals surface area contributed by atoms with Crippen LogP contribution in [-0.2, 0) is 19.1 Å². The molecule has 0 spiro atoms. The lowest BCUT2D eigenvalue weighted by Crippen LogP contribution is -2.61. The van der Waals surface area contributed by atoms with Crippen molar-refractivity contribution in [3.63, 3.8) is 0 Å². The van der Waals surface area contributed by atoms with Gasteiger partial charge >= 0.3 is 5.97 Å². The van der Waals surface area contributed by atoms with E-state index in [9.17, 15) is 9.59 Å². The van der Waals surface area contributed by atoms with Crippen LogP contribution in [0.4, 0.5) is 0 Å². The predicted octanol–water partition coefficient (Wildman–Crippen LogP) is 0.864. The summed E-state index contributed by atoms with van der Waals surface area (Å²) in [5, 5.41) is 0. The first-order chi connectivity index (χ1) is 9.57. The minimum Gasteiger partial charge on any atom is -0.467 e. The zero-order chi connectivity index (χ0) is 14.5. The van der Waals surface area contributed by atoms with Gasteiger partial charge in [-0.1, -0.05) is 6.92 Å². The molecule has 0 N–H and O–H groups in total. The number of ketones is 1. The number of rotatable bonds is 4. The summed E-state index contributed by atoms with van der Waals surface area (Å²) in [5.74, 6) is 0.696. The molecule has 3 aliphatic rings. The summed E-state index contributed by atoms with van der Waals surface area (Å²) in [6.45, 7) is 3.73. The van der Waals surface area contributed by atoms with E-state index in [-0.39, 0.29) is 23.7 Å². The molecule has 6 atom stereocenters. The Balaban J connectivity index is 1.94. The molecule has 0 amide bonds. The number of Topliss-reactive ketones (excluding diaryl/α,β-unsaturated/α-hetero) is 1. The molecule has 0 aromatic carbocycles. The van der Waals surface area contributed by atoms with Crippen molar-refractivity contribution in [2.24, 2.45) is 17.8 Å². The number of carbonyl (C=O) groups is 2. The first-order valence-electron chi connectivity index (χ1n) is 7.44. The van der Waals surface area contributed by atoms with Crippen molar-refractivity contribution >= 4 is 11.8 Å². The zero-order valence-corrected chi connectivity index (χ0v) is 12.4. The fourth-order valence-electron chi connectivity index (χ4n) is 4.89. The van der Waals surface area contributed by atoms with Crippen LogP contribution in [0.15, 0.2) is 0 Å². The summed E-state index contributed by atoms with van der Waals surface area (Å²) in [4.78, 5) is 27.0. The van der Waals surface area contributed by atoms with E-state index in [2.05, 4.69) is 11.8 Å². The van der Waals surface area contributed by atoms with Crippen LogP contribution < -0.4 is 0 Å². The van der Waals surface area contributed by atoms with Gasteiger partial charge in [-0.15, -0.1) is 0 Å². The van der Waals surface area contributed by atoms with Crippen LogP contribution in [0.2, 0.25) is 0 Å². The second-order valence-corrected chi connectivity index (χ2v) is 6.46. The van der Waals surface area contributed by atoms with Gasteiger partial charge in [-0.3, -0.25) is 9.69 Å². The number of carbonyl (C=O) groups excluding carboxylic acids is 2. The van der Waals surface area contributed by atoms with Crippen LogP contribution >= 0.6 is 0 Å². The Kier molecular flexibility index (Phi) is 3.37. The lowest BCUT2D eigenvalue weighted by molar-refractivity contribution is -0.162. The Labute approximate surface area is 119 Å². The van der Waals surface area contributed by atoms with Gasteiger partial charge in [0.2, 0.25) is 0 Å². The molecule has 0 radical (unpaired) electrons. The van der Waals surface area contributed by atoms with Gasteiger partial charge in [0.1, 0.15) is 0 Å². The Morgan fingerprint density at radius 1 is 1.50 bits per heavy atom. The third-order valence-corrected chi connectivity index (χ3v) is 5.69. The van der Waals surface area contributed by atoms with Crippen molar-refractivity contribution in [2.75, 3.05) is 27.4 Å². The van der Waals surface area contributed by atoms with E-state index in [0.717, 1.165) is 19.4 Å². The van der Waals surface area contributed by atoms with Gasteiger partial charge in [0, 0.05) is 32.7 Å². The molecule has 3 aliphatic heterocycles. The van der Waals surface area contributed by atoms with Gasteiger partial charge in [-0.05, 0) is 30.6 Å². The number of esters is 1. The number of nitrogens with zero attached hydrogens (tertiary/aromatic N) is 1. The summed E-state index contributed by atoms with van der Waals surface area (Å²) in [5.41, 5.74) is -0.956. The van der Waals surface area contributed by atoms with Crippen LogP contribution in [0.25, 0.3) is 0 Å². The second kappa shape index (κ2) is 4.81. The molecule has 3 fully saturated rings. The standard InChI is InChI=1S/C15H23NO4/c1-9(8-19-2)11-6-10-4-5-16-12(11)7-13(17)15(10,16)14(18)20-3/h9-12H,4-8H2,1-3H3/t9-,10+,11-,12+,15+/m1/s1. The van der Waals surface area contributed by atoms with Crippen LogP contribution in [0, 0.1) is 17.8 Å². The van der Waals surface area contributed by atoms with Gasteiger partial charge in [0.25, 0.3) is 0 Å². The largest absolute Gasteiger partial charge is 0.467 e. The van der Waals surface area contributed by atoms with E-state index in [4.69, 9.17) is 9.47 Å². The fourth-order valence-corrected chi connectivity index (χ4v) is 4.89.